The Morgan fingerprint density at radius 2 is 2.19 bits per heavy atom. The number of rotatable bonds is 4. The molecule has 0 radical (unpaired) electrons. The summed E-state index contributed by atoms with van der Waals surface area (Å²) < 4.78 is 5.87. The first-order valence-electron chi connectivity index (χ1n) is 8.76. The van der Waals surface area contributed by atoms with Gasteiger partial charge in [0.2, 0.25) is 5.88 Å². The molecule has 2 unspecified atom stereocenters. The molecule has 0 saturated heterocycles. The van der Waals surface area contributed by atoms with Gasteiger partial charge in [-0.2, -0.15) is 5.26 Å². The van der Waals surface area contributed by atoms with E-state index in [-0.39, 0.29) is 5.92 Å². The van der Waals surface area contributed by atoms with Crippen molar-refractivity contribution in [2.75, 3.05) is 6.61 Å². The van der Waals surface area contributed by atoms with Crippen molar-refractivity contribution in [1.82, 2.24) is 10.2 Å². The van der Waals surface area contributed by atoms with Gasteiger partial charge in [-0.3, -0.25) is 10.1 Å². The van der Waals surface area contributed by atoms with E-state index in [4.69, 9.17) is 11.3 Å². The van der Waals surface area contributed by atoms with Crippen LogP contribution in [0.2, 0.25) is 0 Å². The Morgan fingerprint density at radius 3 is 2.88 bits per heavy atom. The predicted octanol–water partition coefficient (Wildman–Crippen LogP) is 4.20. The number of nitrogens with one attached hydrogen (secondary N) is 1. The number of fused-ring (bicyclic) bond motifs is 1. The van der Waals surface area contributed by atoms with Gasteiger partial charge in [0.05, 0.1) is 36.1 Å². The van der Waals surface area contributed by atoms with Crippen LogP contribution < -0.4 is 4.74 Å². The lowest BCUT2D eigenvalue weighted by molar-refractivity contribution is 0.291. The van der Waals surface area contributed by atoms with Crippen molar-refractivity contribution in [3.8, 4) is 11.9 Å². The molecule has 6 nitrogen and oxygen atoms in total. The van der Waals surface area contributed by atoms with Gasteiger partial charge < -0.3 is 4.74 Å². The van der Waals surface area contributed by atoms with Crippen LogP contribution >= 0.6 is 0 Å². The lowest BCUT2D eigenvalue weighted by atomic mass is 9.79. The molecule has 1 saturated carbocycles. The second-order valence-corrected chi connectivity index (χ2v) is 7.01. The lowest BCUT2D eigenvalue weighted by Crippen LogP contribution is -2.24. The third-order valence-corrected chi connectivity index (χ3v) is 5.12. The van der Waals surface area contributed by atoms with E-state index in [1.165, 1.54) is 12.8 Å². The Hall–Kier alpha value is -3.12. The highest BCUT2D eigenvalue weighted by atomic mass is 16.5. The molecule has 2 atom stereocenters. The molecule has 0 spiro atoms. The zero-order valence-electron chi connectivity index (χ0n) is 14.8. The summed E-state index contributed by atoms with van der Waals surface area (Å²) in [6.07, 6.45) is 2.44. The zero-order chi connectivity index (χ0) is 18.3. The number of ether oxygens (including phenoxy) is 1. The van der Waals surface area contributed by atoms with Gasteiger partial charge in [-0.15, -0.1) is 5.10 Å². The smallest absolute Gasteiger partial charge is 0.240 e. The summed E-state index contributed by atoms with van der Waals surface area (Å²) in [6, 6.07) is 8.22. The van der Waals surface area contributed by atoms with Crippen LogP contribution in [-0.4, -0.2) is 22.5 Å². The molecule has 1 aromatic heterocycles. The Balaban J connectivity index is 1.77. The van der Waals surface area contributed by atoms with Crippen LogP contribution in [0, 0.1) is 29.7 Å². The third-order valence-electron chi connectivity index (χ3n) is 5.12. The molecule has 2 aliphatic rings. The minimum atomic E-state index is -0.442. The Labute approximate surface area is 152 Å². The Morgan fingerprint density at radius 1 is 1.38 bits per heavy atom. The molecule has 130 valence electrons. The molecule has 0 amide bonds. The SMILES string of the molecule is [C-]#[N+]C1=C(C)N=C(C)C(C#N)C1c1ccc2[nH]nc(OCC3CC3)c2c1. The van der Waals surface area contributed by atoms with Gasteiger partial charge in [0.15, 0.2) is 5.70 Å². The van der Waals surface area contributed by atoms with Crippen LogP contribution in [0.15, 0.2) is 34.6 Å². The van der Waals surface area contributed by atoms with Gasteiger partial charge in [0.1, 0.15) is 0 Å². The van der Waals surface area contributed by atoms with E-state index >= 15 is 0 Å². The van der Waals surface area contributed by atoms with Crippen molar-refractivity contribution < 1.29 is 4.74 Å². The number of aliphatic imine (C=N–C) groups is 1. The molecular formula is C20H19N5O. The summed E-state index contributed by atoms with van der Waals surface area (Å²) >= 11 is 0. The van der Waals surface area contributed by atoms with Crippen molar-refractivity contribution in [1.29, 1.82) is 5.26 Å². The summed E-state index contributed by atoms with van der Waals surface area (Å²) in [7, 11) is 0. The van der Waals surface area contributed by atoms with Gasteiger partial charge in [0.25, 0.3) is 0 Å². The molecule has 26 heavy (non-hydrogen) atoms. The summed E-state index contributed by atoms with van der Waals surface area (Å²) in [5.41, 5.74) is 3.78. The number of hydrogen-bond acceptors (Lipinski definition) is 4. The van der Waals surface area contributed by atoms with E-state index in [0.717, 1.165) is 22.2 Å². The Bertz CT molecular complexity index is 1010. The number of aromatic amines is 1. The summed E-state index contributed by atoms with van der Waals surface area (Å²) in [4.78, 5) is 8.10. The normalized spacial score (nSPS) is 22.7. The zero-order valence-corrected chi connectivity index (χ0v) is 14.8. The lowest BCUT2D eigenvalue weighted by Gasteiger charge is -2.26. The summed E-state index contributed by atoms with van der Waals surface area (Å²) in [5.74, 6) is 0.478. The average molecular weight is 345 g/mol. The molecule has 0 bridgehead atoms. The highest BCUT2D eigenvalue weighted by Gasteiger charge is 2.34. The van der Waals surface area contributed by atoms with Gasteiger partial charge in [0, 0.05) is 17.3 Å². The minimum Gasteiger partial charge on any atom is -0.476 e. The standard InChI is InChI=1S/C20H19N5O/c1-11-16(9-21)18(19(22-3)12(2)23-11)14-6-7-17-15(8-14)20(25-24-17)26-10-13-4-5-13/h6-8,13,16,18H,4-5,10H2,1-2H3,(H,24,25). The van der Waals surface area contributed by atoms with Crippen molar-refractivity contribution in [3.05, 3.63) is 46.6 Å². The van der Waals surface area contributed by atoms with Crippen molar-refractivity contribution in [3.63, 3.8) is 0 Å². The summed E-state index contributed by atoms with van der Waals surface area (Å²) in [5, 5.41) is 17.8. The van der Waals surface area contributed by atoms with Gasteiger partial charge in [-0.05, 0) is 50.3 Å². The van der Waals surface area contributed by atoms with Crippen molar-refractivity contribution >= 4 is 16.6 Å². The first-order valence-corrected chi connectivity index (χ1v) is 8.76. The predicted molar refractivity (Wildman–Crippen MR) is 98.6 cm³/mol. The van der Waals surface area contributed by atoms with Crippen molar-refractivity contribution in [2.45, 2.75) is 32.6 Å². The van der Waals surface area contributed by atoms with Crippen molar-refractivity contribution in [2.24, 2.45) is 16.8 Å². The number of H-pyrrole nitrogens is 1. The fourth-order valence-corrected chi connectivity index (χ4v) is 3.48. The fourth-order valence-electron chi connectivity index (χ4n) is 3.48. The fraction of sp³-hybridized carbons (Fsp3) is 0.400. The van der Waals surface area contributed by atoms with E-state index in [0.29, 0.717) is 29.8 Å². The first-order chi connectivity index (χ1) is 12.6. The molecule has 6 heteroatoms. The van der Waals surface area contributed by atoms with E-state index in [9.17, 15) is 5.26 Å². The highest BCUT2D eigenvalue weighted by Crippen LogP contribution is 2.40. The minimum absolute atomic E-state index is 0.314. The molecule has 1 N–H and O–H groups in total. The molecule has 1 aliphatic heterocycles. The largest absolute Gasteiger partial charge is 0.476 e. The van der Waals surface area contributed by atoms with E-state index in [1.807, 2.05) is 32.0 Å². The number of benzene rings is 1. The molecule has 1 aliphatic carbocycles. The molecule has 2 heterocycles. The van der Waals surface area contributed by atoms with E-state index in [1.54, 1.807) is 0 Å². The van der Waals surface area contributed by atoms with Crippen LogP contribution in [0.1, 0.15) is 38.2 Å². The van der Waals surface area contributed by atoms with Crippen LogP contribution in [-0.2, 0) is 0 Å². The monoisotopic (exact) mass is 345 g/mol. The maximum atomic E-state index is 9.67. The second-order valence-electron chi connectivity index (χ2n) is 7.01. The summed E-state index contributed by atoms with van der Waals surface area (Å²) in [6.45, 7) is 12.0. The molecule has 4 rings (SSSR count). The maximum absolute atomic E-state index is 9.67. The first kappa shape index (κ1) is 16.4. The molecule has 1 fully saturated rings. The van der Waals surface area contributed by atoms with Crippen LogP contribution in [0.3, 0.4) is 0 Å². The molecular weight excluding hydrogens is 326 g/mol. The van der Waals surface area contributed by atoms with Gasteiger partial charge >= 0.3 is 0 Å². The number of aromatic nitrogens is 2. The topological polar surface area (TPSA) is 78.4 Å². The maximum Gasteiger partial charge on any atom is 0.240 e. The van der Waals surface area contributed by atoms with Gasteiger partial charge in [-0.1, -0.05) is 6.07 Å². The van der Waals surface area contributed by atoms with Gasteiger partial charge in [-0.25, -0.2) is 4.85 Å². The third kappa shape index (κ3) is 2.74. The number of hydrogen-bond donors (Lipinski definition) is 1. The number of nitrogens with zero attached hydrogens (tertiary/aromatic N) is 4. The highest BCUT2D eigenvalue weighted by molar-refractivity contribution is 5.91. The van der Waals surface area contributed by atoms with Crippen LogP contribution in [0.4, 0.5) is 0 Å². The quantitative estimate of drug-likeness (QED) is 0.844. The van der Waals surface area contributed by atoms with E-state index < -0.39 is 5.92 Å². The Kier molecular flexibility index (Phi) is 3.97. The van der Waals surface area contributed by atoms with Crippen LogP contribution in [0.25, 0.3) is 15.7 Å². The van der Waals surface area contributed by atoms with E-state index in [2.05, 4.69) is 26.1 Å². The van der Waals surface area contributed by atoms with Crippen LogP contribution in [0.5, 0.6) is 5.88 Å². The average Bonchev–Trinajstić information content (AvgIpc) is 3.38. The molecule has 2 aromatic rings. The number of nitriles is 1. The second kappa shape index (κ2) is 6.31. The molecule has 1 aromatic carbocycles. The number of allylic oxidation sites excluding steroid dienone is 2.